The van der Waals surface area contributed by atoms with Crippen LogP contribution >= 0.6 is 91.8 Å². The molecule has 4 amide bonds. The van der Waals surface area contributed by atoms with E-state index in [4.69, 9.17) is 71.1 Å². The molecular weight excluding hydrogens is 1940 g/mol. The summed E-state index contributed by atoms with van der Waals surface area (Å²) in [6.07, 6.45) is 5.44. The van der Waals surface area contributed by atoms with E-state index in [2.05, 4.69) is 179 Å². The van der Waals surface area contributed by atoms with Gasteiger partial charge in [0.1, 0.15) is 67.5 Å². The number of hydrogen-bond donors (Lipinski definition) is 4. The molecule has 4 N–H and O–H groups in total. The number of carbonyl (C=O) groups is 4. The number of nitrogens with one attached hydrogen (secondary N) is 4. The number of rotatable bonds is 23. The maximum Gasteiger partial charge on any atom is 0.234 e. The molecule has 13 aromatic rings. The van der Waals surface area contributed by atoms with E-state index < -0.39 is 0 Å². The van der Waals surface area contributed by atoms with E-state index >= 15 is 0 Å². The Morgan fingerprint density at radius 3 is 0.936 bits per heavy atom. The number of aliphatic imine (C=N–C) groups is 4. The highest BCUT2D eigenvalue weighted by Crippen LogP contribution is 2.45. The van der Waals surface area contributed by atoms with Crippen LogP contribution in [0.4, 0.5) is 0 Å². The molecule has 0 radical (unpaired) electrons. The maximum absolute atomic E-state index is 12.8. The zero-order valence-electron chi connectivity index (χ0n) is 81.6. The van der Waals surface area contributed by atoms with Crippen molar-refractivity contribution in [3.05, 3.63) is 280 Å². The number of aryl methyl sites for hydroxylation is 9. The molecule has 0 spiro atoms. The summed E-state index contributed by atoms with van der Waals surface area (Å²) in [5, 5.41) is 54.8. The molecule has 4 aromatic carbocycles. The first-order valence-corrected chi connectivity index (χ1v) is 52.3. The highest BCUT2D eigenvalue weighted by molar-refractivity contribution is 7.16. The van der Waals surface area contributed by atoms with Crippen molar-refractivity contribution in [3.8, 4) is 20.0 Å². The molecule has 4 atom stereocenters. The lowest BCUT2D eigenvalue weighted by atomic mass is 10.00. The summed E-state index contributed by atoms with van der Waals surface area (Å²) in [5.41, 5.74) is 17.6. The summed E-state index contributed by atoms with van der Waals surface area (Å²) < 4.78 is 13.8. The van der Waals surface area contributed by atoms with E-state index in [1.54, 1.807) is 57.7 Å². The Morgan fingerprint density at radius 1 is 0.355 bits per heavy atom. The van der Waals surface area contributed by atoms with Crippen LogP contribution in [0.5, 0.6) is 0 Å². The number of ether oxygens (including phenoxy) is 1. The molecule has 0 unspecified atom stereocenters. The average Bonchev–Trinajstić information content (AvgIpc) is 1.60. The first-order chi connectivity index (χ1) is 68.0. The number of amides is 4. The Kier molecular flexibility index (Phi) is 32.5. The third kappa shape index (κ3) is 23.1. The Bertz CT molecular complexity index is 6850. The van der Waals surface area contributed by atoms with Gasteiger partial charge in [0.05, 0.1) is 42.6 Å². The fourth-order valence-corrected chi connectivity index (χ4v) is 23.5. The van der Waals surface area contributed by atoms with Crippen molar-refractivity contribution in [2.45, 2.75) is 133 Å². The second-order valence-corrected chi connectivity index (χ2v) is 42.9. The maximum atomic E-state index is 12.8. The number of hydrogen-bond acceptors (Lipinski definition) is 27. The van der Waals surface area contributed by atoms with Gasteiger partial charge in [0.25, 0.3) is 0 Å². The van der Waals surface area contributed by atoms with Gasteiger partial charge in [0.15, 0.2) is 23.3 Å². The minimum atomic E-state index is -0.386. The number of aromatic nitrogens is 13. The van der Waals surface area contributed by atoms with Gasteiger partial charge >= 0.3 is 0 Å². The topological polar surface area (TPSA) is 327 Å². The normalized spacial score (nSPS) is 17.4. The summed E-state index contributed by atoms with van der Waals surface area (Å²) in [5.74, 6) is 6.19. The summed E-state index contributed by atoms with van der Waals surface area (Å²) in [6, 6.07) is 33.4. The monoisotopic (exact) mass is 2050 g/mol. The average molecular weight is 2060 g/mol. The number of halogens is 4. The van der Waals surface area contributed by atoms with Crippen molar-refractivity contribution < 1.29 is 23.9 Å². The molecule has 141 heavy (non-hydrogen) atoms. The van der Waals surface area contributed by atoms with E-state index in [1.807, 2.05) is 137 Å². The lowest BCUT2D eigenvalue weighted by Crippen LogP contribution is -2.48. The third-order valence-corrected chi connectivity index (χ3v) is 32.5. The molecule has 736 valence electrons. The molecular formula is C102H116Cl4N26O5S4. The van der Waals surface area contributed by atoms with Gasteiger partial charge in [0.2, 0.25) is 23.6 Å². The van der Waals surface area contributed by atoms with Gasteiger partial charge in [-0.25, -0.2) is 0 Å². The van der Waals surface area contributed by atoms with Crippen LogP contribution in [0.2, 0.25) is 20.1 Å². The van der Waals surface area contributed by atoms with Gasteiger partial charge in [-0.15, -0.1) is 86.1 Å². The van der Waals surface area contributed by atoms with Gasteiger partial charge in [-0.05, 0) is 186 Å². The first-order valence-electron chi connectivity index (χ1n) is 47.5. The van der Waals surface area contributed by atoms with Crippen LogP contribution in [-0.4, -0.2) is 274 Å². The number of fused-ring (bicyclic) bond motifs is 12. The van der Waals surface area contributed by atoms with Gasteiger partial charge in [-0.2, -0.15) is 0 Å². The van der Waals surface area contributed by atoms with Crippen molar-refractivity contribution in [2.24, 2.45) is 20.0 Å². The lowest BCUT2D eigenvalue weighted by molar-refractivity contribution is -0.123. The fourth-order valence-electron chi connectivity index (χ4n) is 18.1. The van der Waals surface area contributed by atoms with E-state index in [0.717, 1.165) is 231 Å². The molecule has 3 saturated heterocycles. The molecule has 20 rings (SSSR count). The van der Waals surface area contributed by atoms with Crippen LogP contribution in [0.1, 0.15) is 182 Å². The minimum Gasteiger partial charge on any atom is -0.379 e. The van der Waals surface area contributed by atoms with Crippen LogP contribution in [0, 0.1) is 83.1 Å². The standard InChI is InChI=1S/C26H32ClN7OS.C26H25ClN6OS.C25H30ClN7OS.C25H29ClN6O2S/c1-16-17(2)36-26-23(16)24(19-5-7-20(27)8-6-19)29-21(25-31-30-18(3)34(25)26)15-28-22(35)9-10-33-13-11-32(4)12-14-33;1-15-16(2)35-26-23(15)24(19-7-9-20(27)10-8-19)30-21(25-32-31-17(3)33(25)26)14-29-22(34)11-6-18-5-4-12-28-13-18;1-15-16(2)35-25-22(15)23(18-5-7-19(26)8-6-18)28-20(24-30-29-17(3)33(24)25)13-27-21(34)14-32-11-9-31(4)10-12-32;1-15-16(2)35-25-22(15)23(18-4-6-19(26)7-5-18)28-20(24-30-29-17(3)32(24)25)14-27-21(33)8-9-31-10-12-34-13-11-31/h5-8,21H,9-15H2,1-4H3,(H,28,35);4-5,7-10,12-13,21H,6,11,14H2,1-3H3,(H,29,34);5-8,20H,9-14H2,1-4H3,(H,27,34);4-7,20H,8-14H2,1-3H3,(H,27,33)/t2*21-;2*20-/m0000/s1. The molecule has 0 bridgehead atoms. The molecule has 0 saturated carbocycles. The van der Waals surface area contributed by atoms with Crippen molar-refractivity contribution in [1.82, 2.24) is 110 Å². The first kappa shape index (κ1) is 101. The second kappa shape index (κ2) is 45.2. The van der Waals surface area contributed by atoms with Crippen LogP contribution in [-0.2, 0) is 30.3 Å². The quantitative estimate of drug-likeness (QED) is 0.0462. The smallest absolute Gasteiger partial charge is 0.234 e. The number of carbonyl (C=O) groups excluding carboxylic acids is 4. The predicted octanol–water partition coefficient (Wildman–Crippen LogP) is 15.3. The Morgan fingerprint density at radius 2 is 0.638 bits per heavy atom. The zero-order valence-corrected chi connectivity index (χ0v) is 87.9. The number of benzene rings is 4. The molecule has 16 heterocycles. The SMILES string of the molecule is Cc1sc2c(c1C)C(c1ccc(Cl)cc1)=N[C@@H](CNC(=O)CCN1CCN(C)CC1)c1nnc(C)n1-2.Cc1sc2c(c1C)C(c1ccc(Cl)cc1)=N[C@@H](CNC(=O)CCN1CCOCC1)c1nnc(C)n1-2.Cc1sc2c(c1C)C(c1ccc(Cl)cc1)=N[C@@H](CNC(=O)CCc1cccnc1)c1nnc(C)n1-2.Cc1sc2c(c1C)C(c1ccc(Cl)cc1)=N[C@@H](CNC(=O)CN1CCN(C)CC1)c1nnc(C)n1-2. The van der Waals surface area contributed by atoms with E-state index in [0.29, 0.717) is 78.5 Å². The zero-order chi connectivity index (χ0) is 99.1. The molecule has 7 aliphatic heterocycles. The van der Waals surface area contributed by atoms with Gasteiger partial charge in [-0.1, -0.05) is 101 Å². The number of thiophene rings is 4. The van der Waals surface area contributed by atoms with Crippen molar-refractivity contribution in [2.75, 3.05) is 139 Å². The molecule has 39 heteroatoms. The Balaban J connectivity index is 0.000000130. The van der Waals surface area contributed by atoms with E-state index in [1.165, 1.54) is 41.8 Å². The summed E-state index contributed by atoms with van der Waals surface area (Å²) in [7, 11) is 4.25. The summed E-state index contributed by atoms with van der Waals surface area (Å²) in [6.45, 7) is 39.2. The highest BCUT2D eigenvalue weighted by Gasteiger charge is 2.38. The van der Waals surface area contributed by atoms with Crippen molar-refractivity contribution in [3.63, 3.8) is 0 Å². The second-order valence-electron chi connectivity index (χ2n) is 36.4. The highest BCUT2D eigenvalue weighted by atomic mass is 35.5. The van der Waals surface area contributed by atoms with Crippen molar-refractivity contribution in [1.29, 1.82) is 0 Å². The predicted molar refractivity (Wildman–Crippen MR) is 562 cm³/mol. The third-order valence-electron chi connectivity index (χ3n) is 26.7. The number of likely N-dealkylation sites (N-methyl/N-ethyl adjacent to an activating group) is 2. The van der Waals surface area contributed by atoms with Crippen LogP contribution in [0.25, 0.3) is 20.0 Å². The van der Waals surface area contributed by atoms with Gasteiger partial charge < -0.3 is 40.7 Å². The summed E-state index contributed by atoms with van der Waals surface area (Å²) >= 11 is 31.6. The van der Waals surface area contributed by atoms with Crippen molar-refractivity contribution >= 4 is 138 Å². The van der Waals surface area contributed by atoms with Crippen LogP contribution in [0.3, 0.4) is 0 Å². The Hall–Kier alpha value is -11.1. The van der Waals surface area contributed by atoms with E-state index in [9.17, 15) is 19.2 Å². The molecule has 0 aliphatic carbocycles. The van der Waals surface area contributed by atoms with Crippen LogP contribution < -0.4 is 21.3 Å². The minimum absolute atomic E-state index is 0.00614. The van der Waals surface area contributed by atoms with Gasteiger partial charge in [0, 0.05) is 220 Å². The molecule has 31 nitrogen and oxygen atoms in total. The largest absolute Gasteiger partial charge is 0.379 e. The number of nitrogens with zero attached hydrogens (tertiary/aromatic N) is 22. The lowest BCUT2D eigenvalue weighted by Gasteiger charge is -2.32. The van der Waals surface area contributed by atoms with Crippen LogP contribution in [0.15, 0.2) is 142 Å². The number of morpholine rings is 1. The Labute approximate surface area is 857 Å². The fraction of sp³-hybridized carbons (Fsp3) is 0.402. The van der Waals surface area contributed by atoms with E-state index in [-0.39, 0.29) is 47.8 Å². The number of piperazine rings is 2. The molecule has 9 aromatic heterocycles. The number of pyridine rings is 1. The summed E-state index contributed by atoms with van der Waals surface area (Å²) in [4.78, 5) is 92.2. The van der Waals surface area contributed by atoms with Gasteiger partial charge in [-0.3, -0.25) is 72.2 Å². The molecule has 7 aliphatic rings. The molecule has 3 fully saturated rings.